The van der Waals surface area contributed by atoms with E-state index in [2.05, 4.69) is 75.1 Å². The van der Waals surface area contributed by atoms with Gasteiger partial charge >= 0.3 is 0 Å². The Morgan fingerprint density at radius 3 is 2.33 bits per heavy atom. The average molecular weight is 265 g/mol. The molecule has 0 aliphatic heterocycles. The molecule has 0 saturated carbocycles. The summed E-state index contributed by atoms with van der Waals surface area (Å²) >= 11 is 2.09. The van der Waals surface area contributed by atoms with E-state index in [0.29, 0.717) is 11.3 Å². The van der Waals surface area contributed by atoms with Gasteiger partial charge in [0.2, 0.25) is 0 Å². The molecule has 0 aliphatic rings. The summed E-state index contributed by atoms with van der Waals surface area (Å²) in [6.07, 6.45) is 1.31. The van der Waals surface area contributed by atoms with Crippen molar-refractivity contribution in [2.45, 2.75) is 45.4 Å². The number of thioether (sulfide) groups is 1. The van der Waals surface area contributed by atoms with E-state index in [4.69, 9.17) is 0 Å². The SMILES string of the molecule is CCNC(c1ccccc1)C(C)SCCC(C)C. The van der Waals surface area contributed by atoms with Crippen molar-refractivity contribution in [1.29, 1.82) is 0 Å². The summed E-state index contributed by atoms with van der Waals surface area (Å²) in [6, 6.07) is 11.3. The van der Waals surface area contributed by atoms with E-state index in [9.17, 15) is 0 Å². The molecule has 0 aliphatic carbocycles. The first-order chi connectivity index (χ1) is 8.65. The van der Waals surface area contributed by atoms with Crippen LogP contribution in [-0.4, -0.2) is 17.5 Å². The summed E-state index contributed by atoms with van der Waals surface area (Å²) in [6.45, 7) is 10.1. The lowest BCUT2D eigenvalue weighted by Gasteiger charge is -2.25. The van der Waals surface area contributed by atoms with Gasteiger partial charge in [-0.05, 0) is 30.2 Å². The topological polar surface area (TPSA) is 12.0 Å². The summed E-state index contributed by atoms with van der Waals surface area (Å²) in [5, 5.41) is 4.23. The van der Waals surface area contributed by atoms with Crippen LogP contribution in [0.25, 0.3) is 0 Å². The zero-order valence-corrected chi connectivity index (χ0v) is 13.0. The van der Waals surface area contributed by atoms with Crippen LogP contribution in [0.3, 0.4) is 0 Å². The monoisotopic (exact) mass is 265 g/mol. The second-order valence-corrected chi connectivity index (χ2v) is 6.69. The lowest BCUT2D eigenvalue weighted by Crippen LogP contribution is -2.28. The molecule has 18 heavy (non-hydrogen) atoms. The van der Waals surface area contributed by atoms with Crippen molar-refractivity contribution in [3.05, 3.63) is 35.9 Å². The molecule has 1 rings (SSSR count). The molecule has 2 unspecified atom stereocenters. The minimum Gasteiger partial charge on any atom is -0.309 e. The fourth-order valence-electron chi connectivity index (χ4n) is 2.02. The molecule has 1 aromatic rings. The summed E-state index contributed by atoms with van der Waals surface area (Å²) in [5.41, 5.74) is 1.41. The Labute approximate surface area is 117 Å². The van der Waals surface area contributed by atoms with Gasteiger partial charge in [0.25, 0.3) is 0 Å². The van der Waals surface area contributed by atoms with E-state index in [1.807, 2.05) is 0 Å². The maximum absolute atomic E-state index is 3.62. The highest BCUT2D eigenvalue weighted by Crippen LogP contribution is 2.27. The third-order valence-corrected chi connectivity index (χ3v) is 4.40. The minimum atomic E-state index is 0.466. The first-order valence-corrected chi connectivity index (χ1v) is 8.10. The van der Waals surface area contributed by atoms with Crippen molar-refractivity contribution >= 4 is 11.8 Å². The van der Waals surface area contributed by atoms with Gasteiger partial charge in [0.05, 0.1) is 0 Å². The average Bonchev–Trinajstić information content (AvgIpc) is 2.36. The molecule has 1 aromatic carbocycles. The summed E-state index contributed by atoms with van der Waals surface area (Å²) in [4.78, 5) is 0. The molecular weight excluding hydrogens is 238 g/mol. The smallest absolute Gasteiger partial charge is 0.0437 e. The van der Waals surface area contributed by atoms with Gasteiger partial charge in [-0.1, -0.05) is 58.0 Å². The maximum Gasteiger partial charge on any atom is 0.0437 e. The Morgan fingerprint density at radius 2 is 1.78 bits per heavy atom. The second-order valence-electron chi connectivity index (χ2n) is 5.20. The lowest BCUT2D eigenvalue weighted by molar-refractivity contribution is 0.546. The molecule has 0 aromatic heterocycles. The molecule has 2 atom stereocenters. The van der Waals surface area contributed by atoms with E-state index in [1.165, 1.54) is 17.7 Å². The van der Waals surface area contributed by atoms with Gasteiger partial charge < -0.3 is 5.32 Å². The highest BCUT2D eigenvalue weighted by molar-refractivity contribution is 7.99. The number of benzene rings is 1. The molecule has 0 heterocycles. The van der Waals surface area contributed by atoms with Gasteiger partial charge in [0.1, 0.15) is 0 Å². The second kappa shape index (κ2) is 8.60. The summed E-state index contributed by atoms with van der Waals surface area (Å²) in [5.74, 6) is 2.06. The predicted molar refractivity (Wildman–Crippen MR) is 84.2 cm³/mol. The van der Waals surface area contributed by atoms with Crippen LogP contribution in [0.1, 0.15) is 45.7 Å². The Hall–Kier alpha value is -0.470. The van der Waals surface area contributed by atoms with Crippen molar-refractivity contribution in [3.8, 4) is 0 Å². The van der Waals surface area contributed by atoms with Crippen LogP contribution in [0.2, 0.25) is 0 Å². The first kappa shape index (κ1) is 15.6. The molecule has 102 valence electrons. The van der Waals surface area contributed by atoms with Gasteiger partial charge in [0.15, 0.2) is 0 Å². The van der Waals surface area contributed by atoms with Gasteiger partial charge in [-0.15, -0.1) is 0 Å². The maximum atomic E-state index is 3.62. The fourth-order valence-corrected chi connectivity index (χ4v) is 3.45. The highest BCUT2D eigenvalue weighted by atomic mass is 32.2. The number of hydrogen-bond acceptors (Lipinski definition) is 2. The molecule has 0 bridgehead atoms. The number of hydrogen-bond donors (Lipinski definition) is 1. The van der Waals surface area contributed by atoms with E-state index >= 15 is 0 Å². The molecule has 0 amide bonds. The van der Waals surface area contributed by atoms with E-state index in [-0.39, 0.29) is 0 Å². The number of rotatable bonds is 8. The Bertz CT molecular complexity index is 310. The molecule has 0 fully saturated rings. The third-order valence-electron chi connectivity index (χ3n) is 3.13. The Kier molecular flexibility index (Phi) is 7.45. The highest BCUT2D eigenvalue weighted by Gasteiger charge is 2.18. The molecule has 1 nitrogen and oxygen atoms in total. The van der Waals surface area contributed by atoms with Gasteiger partial charge in [-0.3, -0.25) is 0 Å². The van der Waals surface area contributed by atoms with Crippen LogP contribution < -0.4 is 5.32 Å². The predicted octanol–water partition coefficient (Wildman–Crippen LogP) is 4.51. The van der Waals surface area contributed by atoms with Crippen molar-refractivity contribution in [2.24, 2.45) is 5.92 Å². The van der Waals surface area contributed by atoms with Crippen molar-refractivity contribution in [1.82, 2.24) is 5.32 Å². The van der Waals surface area contributed by atoms with Crippen LogP contribution in [0.15, 0.2) is 30.3 Å². The van der Waals surface area contributed by atoms with E-state index in [0.717, 1.165) is 12.5 Å². The first-order valence-electron chi connectivity index (χ1n) is 7.05. The minimum absolute atomic E-state index is 0.466. The zero-order chi connectivity index (χ0) is 13.4. The molecule has 2 heteroatoms. The van der Waals surface area contributed by atoms with Crippen molar-refractivity contribution < 1.29 is 0 Å². The quantitative estimate of drug-likeness (QED) is 0.742. The van der Waals surface area contributed by atoms with Gasteiger partial charge in [0, 0.05) is 11.3 Å². The van der Waals surface area contributed by atoms with E-state index < -0.39 is 0 Å². The lowest BCUT2D eigenvalue weighted by atomic mass is 10.0. The van der Waals surface area contributed by atoms with Crippen LogP contribution in [0.4, 0.5) is 0 Å². The van der Waals surface area contributed by atoms with Crippen LogP contribution in [0, 0.1) is 5.92 Å². The van der Waals surface area contributed by atoms with Crippen molar-refractivity contribution in [3.63, 3.8) is 0 Å². The summed E-state index contributed by atoms with van der Waals surface area (Å²) < 4.78 is 0. The molecule has 0 saturated heterocycles. The van der Waals surface area contributed by atoms with Crippen LogP contribution >= 0.6 is 11.8 Å². The Morgan fingerprint density at radius 1 is 1.11 bits per heavy atom. The Balaban J connectivity index is 2.56. The van der Waals surface area contributed by atoms with Crippen LogP contribution in [-0.2, 0) is 0 Å². The third kappa shape index (κ3) is 5.45. The fraction of sp³-hybridized carbons (Fsp3) is 0.625. The zero-order valence-electron chi connectivity index (χ0n) is 12.1. The van der Waals surface area contributed by atoms with Gasteiger partial charge in [-0.2, -0.15) is 11.8 Å². The van der Waals surface area contributed by atoms with Crippen LogP contribution in [0.5, 0.6) is 0 Å². The largest absolute Gasteiger partial charge is 0.309 e. The number of nitrogens with one attached hydrogen (secondary N) is 1. The molecule has 1 N–H and O–H groups in total. The molecular formula is C16H27NS. The standard InChI is InChI=1S/C16H27NS/c1-5-17-16(15-9-7-6-8-10-15)14(4)18-12-11-13(2)3/h6-10,13-14,16-17H,5,11-12H2,1-4H3. The normalized spacial score (nSPS) is 14.7. The van der Waals surface area contributed by atoms with Crippen molar-refractivity contribution in [2.75, 3.05) is 12.3 Å². The van der Waals surface area contributed by atoms with E-state index in [1.54, 1.807) is 0 Å². The molecule has 0 radical (unpaired) electrons. The molecule has 0 spiro atoms. The summed E-state index contributed by atoms with van der Waals surface area (Å²) in [7, 11) is 0. The van der Waals surface area contributed by atoms with Gasteiger partial charge in [-0.25, -0.2) is 0 Å².